The average Bonchev–Trinajstić information content (AvgIpc) is 2.80. The summed E-state index contributed by atoms with van der Waals surface area (Å²) in [5, 5.41) is 11.1. The lowest BCUT2D eigenvalue weighted by atomic mass is 10.1. The number of unbranched alkanes of at least 4 members (excludes halogenated alkanes) is 3. The number of fused-ring (bicyclic) bond motifs is 1. The van der Waals surface area contributed by atoms with E-state index in [0.717, 1.165) is 41.9 Å². The first-order valence-corrected chi connectivity index (χ1v) is 12.3. The molecule has 0 saturated heterocycles. The molecule has 1 N–H and O–H groups in total. The fraction of sp³-hybridized carbons (Fsp3) is 0.464. The summed E-state index contributed by atoms with van der Waals surface area (Å²) in [6.07, 6.45) is 4.97. The summed E-state index contributed by atoms with van der Waals surface area (Å²) in [6.45, 7) is 10.2. The second kappa shape index (κ2) is 12.4. The molecule has 0 amide bonds. The van der Waals surface area contributed by atoms with E-state index in [4.69, 9.17) is 4.42 Å². The van der Waals surface area contributed by atoms with Gasteiger partial charge in [-0.15, -0.1) is 0 Å². The minimum atomic E-state index is -0.380. The van der Waals surface area contributed by atoms with Crippen molar-refractivity contribution in [1.29, 1.82) is 0 Å². The molecule has 0 atom stereocenters. The van der Waals surface area contributed by atoms with Gasteiger partial charge in [-0.05, 0) is 69.2 Å². The van der Waals surface area contributed by atoms with Gasteiger partial charge >= 0.3 is 0 Å². The zero-order valence-electron chi connectivity index (χ0n) is 21.2. The first-order chi connectivity index (χ1) is 15.8. The number of nitrogens with zero attached hydrogens (tertiary/aromatic N) is 2. The molecule has 6 heteroatoms. The number of rotatable bonds is 11. The first kappa shape index (κ1) is 27.9. The summed E-state index contributed by atoms with van der Waals surface area (Å²) in [5.74, 6) is -0.109. The number of aromatic hydroxyl groups is 1. The Bertz CT molecular complexity index is 1120. The van der Waals surface area contributed by atoms with Gasteiger partial charge in [-0.25, -0.2) is 0 Å². The molecule has 0 unspecified atom stereocenters. The fourth-order valence-corrected chi connectivity index (χ4v) is 4.48. The highest BCUT2D eigenvalue weighted by molar-refractivity contribution is 5.82. The minimum absolute atomic E-state index is 0. The maximum Gasteiger partial charge on any atom is 0.235 e. The van der Waals surface area contributed by atoms with Crippen LogP contribution < -0.4 is 27.3 Å². The molecule has 2 aromatic carbocycles. The van der Waals surface area contributed by atoms with Crippen molar-refractivity contribution in [2.45, 2.75) is 53.0 Å². The molecule has 1 aromatic heterocycles. The molecule has 0 aliphatic carbocycles. The molecular weight excluding hydrogens is 492 g/mol. The van der Waals surface area contributed by atoms with Crippen LogP contribution in [0.4, 0.5) is 5.69 Å². The standard InChI is InChI=1S/C28H38N2O3.BrH/c1-6-9-10-11-18-30(4,5)20-21-12-17-25-24(19-21)26(31)27(32)28(33-25)22-13-15-23(16-14-22)29(7-2)8-3;/h12-17,19H,6-11,18,20H2,1-5H3;1H. The Kier molecular flexibility index (Phi) is 10.2. The lowest BCUT2D eigenvalue weighted by Crippen LogP contribution is -3.00. The van der Waals surface area contributed by atoms with E-state index in [0.29, 0.717) is 16.5 Å². The molecule has 0 aliphatic heterocycles. The van der Waals surface area contributed by atoms with Crippen LogP contribution in [0.5, 0.6) is 5.75 Å². The zero-order valence-corrected chi connectivity index (χ0v) is 22.8. The highest BCUT2D eigenvalue weighted by Gasteiger charge is 2.19. The Hall–Kier alpha value is -2.31. The van der Waals surface area contributed by atoms with Gasteiger partial charge in [0.15, 0.2) is 5.76 Å². The van der Waals surface area contributed by atoms with Crippen LogP contribution in [0.2, 0.25) is 0 Å². The zero-order chi connectivity index (χ0) is 24.0. The SMILES string of the molecule is CCCCCC[N+](C)(C)Cc1ccc2oc(-c3ccc(N(CC)CC)cc3)c(O)c(=O)c2c1.[Br-]. The molecule has 0 bridgehead atoms. The Labute approximate surface area is 214 Å². The highest BCUT2D eigenvalue weighted by atomic mass is 79.9. The maximum absolute atomic E-state index is 13.0. The fourth-order valence-electron chi connectivity index (χ4n) is 4.48. The predicted octanol–water partition coefficient (Wildman–Crippen LogP) is 3.17. The van der Waals surface area contributed by atoms with Crippen molar-refractivity contribution in [3.8, 4) is 17.1 Å². The largest absolute Gasteiger partial charge is 1.00 e. The normalized spacial score (nSPS) is 11.4. The summed E-state index contributed by atoms with van der Waals surface area (Å²) in [6, 6.07) is 13.5. The van der Waals surface area contributed by atoms with Crippen LogP contribution in [0.3, 0.4) is 0 Å². The van der Waals surface area contributed by atoms with Crippen molar-refractivity contribution < 1.29 is 31.0 Å². The molecular formula is C28H39BrN2O3. The van der Waals surface area contributed by atoms with E-state index in [1.807, 2.05) is 42.5 Å². The first-order valence-electron chi connectivity index (χ1n) is 12.3. The monoisotopic (exact) mass is 530 g/mol. The maximum atomic E-state index is 13.0. The summed E-state index contributed by atoms with van der Waals surface area (Å²) in [7, 11) is 4.45. The van der Waals surface area contributed by atoms with Crippen LogP contribution in [0.1, 0.15) is 52.0 Å². The lowest BCUT2D eigenvalue weighted by Gasteiger charge is -2.30. The van der Waals surface area contributed by atoms with Crippen LogP contribution in [-0.2, 0) is 6.54 Å². The van der Waals surface area contributed by atoms with Crippen LogP contribution in [0.15, 0.2) is 51.7 Å². The van der Waals surface area contributed by atoms with E-state index in [1.54, 1.807) is 0 Å². The summed E-state index contributed by atoms with van der Waals surface area (Å²) in [4.78, 5) is 15.3. The number of anilines is 1. The molecule has 0 saturated carbocycles. The predicted molar refractivity (Wildman–Crippen MR) is 138 cm³/mol. The second-order valence-corrected chi connectivity index (χ2v) is 9.54. The third-order valence-electron chi connectivity index (χ3n) is 6.42. The number of benzene rings is 2. The summed E-state index contributed by atoms with van der Waals surface area (Å²) >= 11 is 0. The van der Waals surface area contributed by atoms with E-state index in [-0.39, 0.29) is 33.9 Å². The molecule has 5 nitrogen and oxygen atoms in total. The van der Waals surface area contributed by atoms with Gasteiger partial charge in [0.05, 0.1) is 26.0 Å². The molecule has 34 heavy (non-hydrogen) atoms. The van der Waals surface area contributed by atoms with E-state index < -0.39 is 0 Å². The van der Waals surface area contributed by atoms with Crippen molar-refractivity contribution >= 4 is 16.7 Å². The molecule has 0 aliphatic rings. The number of quaternary nitrogens is 1. The van der Waals surface area contributed by atoms with Gasteiger partial charge in [-0.3, -0.25) is 4.79 Å². The van der Waals surface area contributed by atoms with Gasteiger partial charge in [0.1, 0.15) is 12.1 Å². The molecule has 3 aromatic rings. The lowest BCUT2D eigenvalue weighted by molar-refractivity contribution is -0.903. The smallest absolute Gasteiger partial charge is 0.235 e. The van der Waals surface area contributed by atoms with Gasteiger partial charge in [0.2, 0.25) is 11.2 Å². The minimum Gasteiger partial charge on any atom is -1.00 e. The molecule has 186 valence electrons. The molecule has 0 fully saturated rings. The third kappa shape index (κ3) is 6.63. The van der Waals surface area contributed by atoms with Crippen molar-refractivity contribution in [2.75, 3.05) is 38.6 Å². The highest BCUT2D eigenvalue weighted by Crippen LogP contribution is 2.31. The molecule has 3 rings (SSSR count). The Morgan fingerprint density at radius 2 is 1.62 bits per heavy atom. The quantitative estimate of drug-likeness (QED) is 0.305. The van der Waals surface area contributed by atoms with Crippen LogP contribution >= 0.6 is 0 Å². The van der Waals surface area contributed by atoms with Gasteiger partial charge in [0, 0.05) is 29.9 Å². The van der Waals surface area contributed by atoms with Gasteiger partial charge in [0.25, 0.3) is 0 Å². The summed E-state index contributed by atoms with van der Waals surface area (Å²) in [5.41, 5.74) is 2.99. The van der Waals surface area contributed by atoms with Crippen LogP contribution in [-0.4, -0.2) is 43.3 Å². The molecule has 0 radical (unpaired) electrons. The van der Waals surface area contributed by atoms with Crippen molar-refractivity contribution in [1.82, 2.24) is 0 Å². The number of hydrogen-bond donors (Lipinski definition) is 1. The van der Waals surface area contributed by atoms with Crippen molar-refractivity contribution in [3.05, 3.63) is 58.3 Å². The molecule has 1 heterocycles. The Balaban J connectivity index is 0.00000408. The van der Waals surface area contributed by atoms with Crippen molar-refractivity contribution in [3.63, 3.8) is 0 Å². The topological polar surface area (TPSA) is 53.7 Å². The van der Waals surface area contributed by atoms with Gasteiger partial charge in [-0.2, -0.15) is 0 Å². The Morgan fingerprint density at radius 3 is 2.24 bits per heavy atom. The van der Waals surface area contributed by atoms with Gasteiger partial charge in [-0.1, -0.05) is 19.8 Å². The number of halogens is 1. The molecule has 0 spiro atoms. The van der Waals surface area contributed by atoms with E-state index in [2.05, 4.69) is 39.8 Å². The van der Waals surface area contributed by atoms with Crippen molar-refractivity contribution in [2.24, 2.45) is 0 Å². The van der Waals surface area contributed by atoms with Crippen LogP contribution in [0.25, 0.3) is 22.3 Å². The Morgan fingerprint density at radius 1 is 0.941 bits per heavy atom. The van der Waals surface area contributed by atoms with Gasteiger partial charge < -0.3 is 35.9 Å². The third-order valence-corrected chi connectivity index (χ3v) is 6.42. The average molecular weight is 532 g/mol. The van der Waals surface area contributed by atoms with E-state index in [1.165, 1.54) is 25.7 Å². The second-order valence-electron chi connectivity index (χ2n) is 9.54. The summed E-state index contributed by atoms with van der Waals surface area (Å²) < 4.78 is 6.89. The van der Waals surface area contributed by atoms with E-state index >= 15 is 0 Å². The number of hydrogen-bond acceptors (Lipinski definition) is 4. The van der Waals surface area contributed by atoms with E-state index in [9.17, 15) is 9.90 Å². The van der Waals surface area contributed by atoms with Crippen LogP contribution in [0, 0.1) is 0 Å².